The van der Waals surface area contributed by atoms with Crippen molar-refractivity contribution in [2.24, 2.45) is 11.7 Å². The van der Waals surface area contributed by atoms with E-state index in [1.54, 1.807) is 0 Å². The Morgan fingerprint density at radius 1 is 1.56 bits per heavy atom. The van der Waals surface area contributed by atoms with Gasteiger partial charge in [0.1, 0.15) is 4.99 Å². The molecule has 1 fully saturated rings. The topological polar surface area (TPSA) is 47.3 Å². The zero-order valence-electron chi connectivity index (χ0n) is 10.1. The third kappa shape index (κ3) is 3.67. The fourth-order valence-electron chi connectivity index (χ4n) is 2.10. The number of nitrogens with one attached hydrogen (secondary N) is 1. The lowest BCUT2D eigenvalue weighted by Crippen LogP contribution is -2.25. The van der Waals surface area contributed by atoms with Crippen molar-refractivity contribution in [1.29, 1.82) is 0 Å². The molecule has 0 saturated carbocycles. The lowest BCUT2D eigenvalue weighted by Gasteiger charge is -2.23. The summed E-state index contributed by atoms with van der Waals surface area (Å²) in [6, 6.07) is 5.94. The van der Waals surface area contributed by atoms with Crippen LogP contribution in [0.5, 0.6) is 0 Å². The number of hydrogen-bond donors (Lipinski definition) is 2. The molecule has 1 aromatic carbocycles. The second kappa shape index (κ2) is 6.50. The minimum atomic E-state index is 0.415. The van der Waals surface area contributed by atoms with Gasteiger partial charge in [0.05, 0.1) is 6.61 Å². The van der Waals surface area contributed by atoms with Crippen molar-refractivity contribution in [2.75, 3.05) is 25.1 Å². The van der Waals surface area contributed by atoms with E-state index in [1.165, 1.54) is 6.42 Å². The summed E-state index contributed by atoms with van der Waals surface area (Å²) in [5.41, 5.74) is 7.62. The summed E-state index contributed by atoms with van der Waals surface area (Å²) in [6.45, 7) is 2.64. The number of halogens is 1. The van der Waals surface area contributed by atoms with Crippen LogP contribution in [0, 0.1) is 5.92 Å². The zero-order valence-corrected chi connectivity index (χ0v) is 12.5. The molecule has 0 aromatic heterocycles. The first kappa shape index (κ1) is 13.8. The van der Waals surface area contributed by atoms with Gasteiger partial charge < -0.3 is 15.8 Å². The Morgan fingerprint density at radius 2 is 2.39 bits per heavy atom. The van der Waals surface area contributed by atoms with E-state index in [0.717, 1.165) is 41.9 Å². The Labute approximate surface area is 121 Å². The van der Waals surface area contributed by atoms with Gasteiger partial charge >= 0.3 is 0 Å². The van der Waals surface area contributed by atoms with Crippen LogP contribution in [0.1, 0.15) is 18.4 Å². The van der Waals surface area contributed by atoms with Crippen LogP contribution in [0.3, 0.4) is 0 Å². The fourth-order valence-corrected chi connectivity index (χ4v) is 2.63. The predicted octanol–water partition coefficient (Wildman–Crippen LogP) is 2.92. The number of hydrogen-bond acceptors (Lipinski definition) is 3. The van der Waals surface area contributed by atoms with Crippen LogP contribution in [0.4, 0.5) is 5.69 Å². The van der Waals surface area contributed by atoms with E-state index in [9.17, 15) is 0 Å². The largest absolute Gasteiger partial charge is 0.389 e. The van der Waals surface area contributed by atoms with Gasteiger partial charge in [0.2, 0.25) is 0 Å². The number of thiocarbonyl (C=S) groups is 1. The van der Waals surface area contributed by atoms with Crippen LogP contribution in [0.2, 0.25) is 0 Å². The highest BCUT2D eigenvalue weighted by Crippen LogP contribution is 2.22. The zero-order chi connectivity index (χ0) is 13.0. The molecular weight excluding hydrogens is 312 g/mol. The quantitative estimate of drug-likeness (QED) is 0.834. The highest BCUT2D eigenvalue weighted by molar-refractivity contribution is 9.10. The standard InChI is InChI=1S/C13H17BrN2OS/c14-10-3-4-12(11(6-10)13(15)18)16-7-9-2-1-5-17-8-9/h3-4,6,9,16H,1-2,5,7-8H2,(H2,15,18). The third-order valence-corrected chi connectivity index (χ3v) is 3.80. The van der Waals surface area contributed by atoms with Crippen molar-refractivity contribution in [3.8, 4) is 0 Å². The minimum absolute atomic E-state index is 0.415. The van der Waals surface area contributed by atoms with Crippen LogP contribution in [0.25, 0.3) is 0 Å². The monoisotopic (exact) mass is 328 g/mol. The van der Waals surface area contributed by atoms with Crippen LogP contribution in [-0.2, 0) is 4.74 Å². The van der Waals surface area contributed by atoms with Crippen molar-refractivity contribution >= 4 is 38.8 Å². The molecule has 0 spiro atoms. The first-order valence-electron chi connectivity index (χ1n) is 6.08. The molecule has 1 atom stereocenters. The van der Waals surface area contributed by atoms with E-state index in [2.05, 4.69) is 21.2 Å². The second-order valence-corrected chi connectivity index (χ2v) is 5.87. The van der Waals surface area contributed by atoms with Crippen molar-refractivity contribution in [2.45, 2.75) is 12.8 Å². The van der Waals surface area contributed by atoms with Crippen LogP contribution in [0.15, 0.2) is 22.7 Å². The molecule has 0 bridgehead atoms. The molecule has 18 heavy (non-hydrogen) atoms. The van der Waals surface area contributed by atoms with Crippen LogP contribution in [-0.4, -0.2) is 24.7 Å². The van der Waals surface area contributed by atoms with E-state index < -0.39 is 0 Å². The molecule has 2 rings (SSSR count). The number of ether oxygens (including phenoxy) is 1. The van der Waals surface area contributed by atoms with E-state index >= 15 is 0 Å². The number of nitrogens with two attached hydrogens (primary N) is 1. The first-order chi connectivity index (χ1) is 8.66. The molecule has 1 saturated heterocycles. The molecule has 0 aliphatic carbocycles. The molecule has 5 heteroatoms. The van der Waals surface area contributed by atoms with Crippen molar-refractivity contribution in [1.82, 2.24) is 0 Å². The number of benzene rings is 1. The average molecular weight is 329 g/mol. The summed E-state index contributed by atoms with van der Waals surface area (Å²) in [5.74, 6) is 0.571. The lowest BCUT2D eigenvalue weighted by atomic mass is 10.0. The van der Waals surface area contributed by atoms with Crippen LogP contribution < -0.4 is 11.1 Å². The Bertz CT molecular complexity index is 433. The van der Waals surface area contributed by atoms with Gasteiger partial charge in [-0.3, -0.25) is 0 Å². The SMILES string of the molecule is NC(=S)c1cc(Br)ccc1NCC1CCCOC1. The van der Waals surface area contributed by atoms with Crippen molar-refractivity contribution in [3.05, 3.63) is 28.2 Å². The molecule has 1 aliphatic rings. The fraction of sp³-hybridized carbons (Fsp3) is 0.462. The second-order valence-electron chi connectivity index (χ2n) is 4.52. The maximum absolute atomic E-state index is 5.74. The predicted molar refractivity (Wildman–Crippen MR) is 82.1 cm³/mol. The van der Waals surface area contributed by atoms with E-state index in [1.807, 2.05) is 18.2 Å². The molecule has 3 N–H and O–H groups in total. The maximum atomic E-state index is 5.74. The molecule has 1 unspecified atom stereocenters. The molecule has 1 aromatic rings. The van der Waals surface area contributed by atoms with Gasteiger partial charge in [-0.2, -0.15) is 0 Å². The highest BCUT2D eigenvalue weighted by atomic mass is 79.9. The van der Waals surface area contributed by atoms with Gasteiger partial charge in [-0.25, -0.2) is 0 Å². The van der Waals surface area contributed by atoms with E-state index in [4.69, 9.17) is 22.7 Å². The van der Waals surface area contributed by atoms with Gasteiger partial charge in [0.15, 0.2) is 0 Å². The summed E-state index contributed by atoms with van der Waals surface area (Å²) in [4.78, 5) is 0.415. The summed E-state index contributed by atoms with van der Waals surface area (Å²) < 4.78 is 6.45. The van der Waals surface area contributed by atoms with Crippen LogP contribution >= 0.6 is 28.1 Å². The minimum Gasteiger partial charge on any atom is -0.389 e. The molecule has 3 nitrogen and oxygen atoms in total. The van der Waals surface area contributed by atoms with Crippen molar-refractivity contribution in [3.63, 3.8) is 0 Å². The summed E-state index contributed by atoms with van der Waals surface area (Å²) >= 11 is 8.50. The van der Waals surface area contributed by atoms with Gasteiger partial charge in [-0.15, -0.1) is 0 Å². The van der Waals surface area contributed by atoms with E-state index in [0.29, 0.717) is 10.9 Å². The Kier molecular flexibility index (Phi) is 4.97. The average Bonchev–Trinajstić information content (AvgIpc) is 2.38. The molecule has 0 amide bonds. The molecule has 1 heterocycles. The highest BCUT2D eigenvalue weighted by Gasteiger charge is 2.14. The molecule has 98 valence electrons. The normalized spacial score (nSPS) is 19.5. The molecule has 0 radical (unpaired) electrons. The third-order valence-electron chi connectivity index (χ3n) is 3.08. The molecule has 1 aliphatic heterocycles. The maximum Gasteiger partial charge on any atom is 0.106 e. The summed E-state index contributed by atoms with van der Waals surface area (Å²) in [6.07, 6.45) is 2.36. The summed E-state index contributed by atoms with van der Waals surface area (Å²) in [7, 11) is 0. The molecular formula is C13H17BrN2OS. The van der Waals surface area contributed by atoms with Gasteiger partial charge in [-0.1, -0.05) is 28.1 Å². The van der Waals surface area contributed by atoms with Crippen molar-refractivity contribution < 1.29 is 4.74 Å². The smallest absolute Gasteiger partial charge is 0.106 e. The number of rotatable bonds is 4. The first-order valence-corrected chi connectivity index (χ1v) is 7.28. The lowest BCUT2D eigenvalue weighted by molar-refractivity contribution is 0.0595. The van der Waals surface area contributed by atoms with Gasteiger partial charge in [-0.05, 0) is 37.0 Å². The Balaban J connectivity index is 2.01. The van der Waals surface area contributed by atoms with Gasteiger partial charge in [0.25, 0.3) is 0 Å². The Morgan fingerprint density at radius 3 is 3.06 bits per heavy atom. The Hall–Kier alpha value is -0.650. The van der Waals surface area contributed by atoms with E-state index in [-0.39, 0.29) is 0 Å². The number of anilines is 1. The van der Waals surface area contributed by atoms with Gasteiger partial charge in [0, 0.05) is 28.9 Å². The summed E-state index contributed by atoms with van der Waals surface area (Å²) in [5, 5.41) is 3.42.